The number of halogens is 4. The second kappa shape index (κ2) is 13.3. The van der Waals surface area contributed by atoms with Crippen LogP contribution in [0.4, 0.5) is 13.2 Å². The molecule has 3 N–H and O–H groups in total. The van der Waals surface area contributed by atoms with Crippen LogP contribution in [0.1, 0.15) is 37.3 Å². The first kappa shape index (κ1) is 26.0. The minimum atomic E-state index is -4.11. The van der Waals surface area contributed by atoms with Gasteiger partial charge in [-0.3, -0.25) is 4.90 Å². The Balaban J connectivity index is 0.00000420. The van der Waals surface area contributed by atoms with Crippen LogP contribution in [-0.2, 0) is 13.2 Å². The molecule has 1 aromatic rings. The van der Waals surface area contributed by atoms with Gasteiger partial charge in [0.05, 0.1) is 19.7 Å². The number of rotatable bonds is 8. The van der Waals surface area contributed by atoms with Gasteiger partial charge in [0.2, 0.25) is 0 Å². The van der Waals surface area contributed by atoms with E-state index < -0.39 is 12.7 Å². The van der Waals surface area contributed by atoms with Crippen LogP contribution < -0.4 is 10.6 Å². The Kier molecular flexibility index (Phi) is 11.9. The molecule has 1 fully saturated rings. The monoisotopic (exact) mass is 528 g/mol. The Labute approximate surface area is 188 Å². The molecule has 0 amide bonds. The van der Waals surface area contributed by atoms with Crippen LogP contribution in [-0.4, -0.2) is 54.9 Å². The lowest BCUT2D eigenvalue weighted by Gasteiger charge is -2.32. The molecule has 166 valence electrons. The van der Waals surface area contributed by atoms with Crippen molar-refractivity contribution in [2.45, 2.75) is 45.5 Å². The fourth-order valence-electron chi connectivity index (χ4n) is 3.45. The maximum Gasteiger partial charge on any atom is 0.401 e. The van der Waals surface area contributed by atoms with Crippen LogP contribution in [0.2, 0.25) is 0 Å². The number of nitrogens with zero attached hydrogens (tertiary/aromatic N) is 2. The predicted molar refractivity (Wildman–Crippen MR) is 120 cm³/mol. The highest BCUT2D eigenvalue weighted by atomic mass is 127. The molecule has 29 heavy (non-hydrogen) atoms. The summed E-state index contributed by atoms with van der Waals surface area (Å²) >= 11 is 0. The van der Waals surface area contributed by atoms with Gasteiger partial charge in [-0.25, -0.2) is 4.99 Å². The van der Waals surface area contributed by atoms with Crippen molar-refractivity contribution in [3.05, 3.63) is 35.4 Å². The molecule has 0 saturated carbocycles. The van der Waals surface area contributed by atoms with E-state index in [1.807, 2.05) is 31.2 Å². The Morgan fingerprint density at radius 1 is 1.17 bits per heavy atom. The van der Waals surface area contributed by atoms with Gasteiger partial charge in [-0.1, -0.05) is 24.3 Å². The van der Waals surface area contributed by atoms with Gasteiger partial charge in [-0.2, -0.15) is 13.2 Å². The smallest absolute Gasteiger partial charge is 0.392 e. The van der Waals surface area contributed by atoms with E-state index in [1.165, 1.54) is 4.90 Å². The number of piperidine rings is 1. The molecule has 0 spiro atoms. The number of alkyl halides is 3. The molecule has 0 atom stereocenters. The molecular formula is C20H32F3IN4O. The van der Waals surface area contributed by atoms with Crippen molar-refractivity contribution in [2.75, 3.05) is 32.7 Å². The van der Waals surface area contributed by atoms with Crippen molar-refractivity contribution < 1.29 is 18.3 Å². The summed E-state index contributed by atoms with van der Waals surface area (Å²) in [6.07, 6.45) is -1.59. The summed E-state index contributed by atoms with van der Waals surface area (Å²) in [4.78, 5) is 6.07. The maximum atomic E-state index is 12.5. The molecule has 0 unspecified atom stereocenters. The average Bonchev–Trinajstić information content (AvgIpc) is 2.66. The van der Waals surface area contributed by atoms with Crippen molar-refractivity contribution in [1.82, 2.24) is 15.5 Å². The lowest BCUT2D eigenvalue weighted by Crippen LogP contribution is -2.41. The minimum Gasteiger partial charge on any atom is -0.392 e. The topological polar surface area (TPSA) is 59.9 Å². The molecule has 9 heteroatoms. The molecule has 1 aliphatic heterocycles. The summed E-state index contributed by atoms with van der Waals surface area (Å²) < 4.78 is 37.4. The third-order valence-corrected chi connectivity index (χ3v) is 5.00. The van der Waals surface area contributed by atoms with Gasteiger partial charge in [0.15, 0.2) is 5.96 Å². The molecule has 5 nitrogen and oxygen atoms in total. The van der Waals surface area contributed by atoms with Crippen LogP contribution in [0.3, 0.4) is 0 Å². The van der Waals surface area contributed by atoms with E-state index in [4.69, 9.17) is 0 Å². The van der Waals surface area contributed by atoms with Gasteiger partial charge >= 0.3 is 6.18 Å². The van der Waals surface area contributed by atoms with Gasteiger partial charge in [0, 0.05) is 13.1 Å². The number of nitrogens with one attached hydrogen (secondary N) is 2. The second-order valence-corrected chi connectivity index (χ2v) is 7.17. The Bertz CT molecular complexity index is 620. The Morgan fingerprint density at radius 2 is 1.83 bits per heavy atom. The highest BCUT2D eigenvalue weighted by Crippen LogP contribution is 2.23. The number of hydrogen-bond donors (Lipinski definition) is 3. The van der Waals surface area contributed by atoms with Crippen LogP contribution in [0.25, 0.3) is 0 Å². The number of likely N-dealkylation sites (tertiary alicyclic amines) is 1. The lowest BCUT2D eigenvalue weighted by molar-refractivity contribution is -0.148. The molecule has 1 saturated heterocycles. The zero-order valence-electron chi connectivity index (χ0n) is 16.8. The van der Waals surface area contributed by atoms with E-state index in [0.717, 1.165) is 43.5 Å². The summed E-state index contributed by atoms with van der Waals surface area (Å²) in [5, 5.41) is 15.9. The third kappa shape index (κ3) is 9.99. The minimum absolute atomic E-state index is 0. The van der Waals surface area contributed by atoms with Crippen molar-refractivity contribution >= 4 is 29.9 Å². The molecule has 0 aromatic heterocycles. The number of aliphatic hydroxyl groups is 1. The van der Waals surface area contributed by atoms with Gasteiger partial charge in [0.25, 0.3) is 0 Å². The summed E-state index contributed by atoms with van der Waals surface area (Å²) in [6.45, 7) is 4.15. The largest absolute Gasteiger partial charge is 0.401 e. The first-order valence-corrected chi connectivity index (χ1v) is 9.90. The average molecular weight is 528 g/mol. The van der Waals surface area contributed by atoms with E-state index >= 15 is 0 Å². The first-order chi connectivity index (χ1) is 13.4. The number of hydrogen-bond acceptors (Lipinski definition) is 3. The van der Waals surface area contributed by atoms with Gasteiger partial charge in [0.1, 0.15) is 0 Å². The van der Waals surface area contributed by atoms with Crippen molar-refractivity contribution in [3.8, 4) is 0 Å². The number of benzene rings is 1. The molecular weight excluding hydrogens is 496 g/mol. The molecule has 0 radical (unpaired) electrons. The van der Waals surface area contributed by atoms with E-state index in [-0.39, 0.29) is 30.6 Å². The normalized spacial score (nSPS) is 16.4. The SMILES string of the molecule is CCNC(=NCc1ccccc1CO)NCCC1CCN(CC(F)(F)F)CC1.I. The van der Waals surface area contributed by atoms with E-state index in [1.54, 1.807) is 0 Å². The van der Waals surface area contributed by atoms with Gasteiger partial charge < -0.3 is 15.7 Å². The maximum absolute atomic E-state index is 12.5. The molecule has 0 bridgehead atoms. The fraction of sp³-hybridized carbons (Fsp3) is 0.650. The predicted octanol–water partition coefficient (Wildman–Crippen LogP) is 3.52. The van der Waals surface area contributed by atoms with Crippen molar-refractivity contribution in [2.24, 2.45) is 10.9 Å². The highest BCUT2D eigenvalue weighted by Gasteiger charge is 2.32. The highest BCUT2D eigenvalue weighted by molar-refractivity contribution is 14.0. The van der Waals surface area contributed by atoms with E-state index in [0.29, 0.717) is 31.5 Å². The lowest BCUT2D eigenvalue weighted by atomic mass is 9.93. The molecule has 2 rings (SSSR count). The molecule has 1 aromatic carbocycles. The van der Waals surface area contributed by atoms with Crippen molar-refractivity contribution in [1.29, 1.82) is 0 Å². The van der Waals surface area contributed by atoms with E-state index in [9.17, 15) is 18.3 Å². The summed E-state index contributed by atoms with van der Waals surface area (Å²) in [5.41, 5.74) is 1.85. The second-order valence-electron chi connectivity index (χ2n) is 7.17. The quantitative estimate of drug-likeness (QED) is 0.275. The van der Waals surface area contributed by atoms with Crippen LogP contribution in [0.15, 0.2) is 29.3 Å². The zero-order valence-corrected chi connectivity index (χ0v) is 19.2. The molecule has 1 aliphatic rings. The standard InChI is InChI=1S/C20H31F3N4O.HI/c1-2-24-19(26-13-17-5-3-4-6-18(17)14-28)25-10-7-16-8-11-27(12-9-16)15-20(21,22)23;/h3-6,16,28H,2,7-15H2,1H3,(H2,24,25,26);1H. The summed E-state index contributed by atoms with van der Waals surface area (Å²) in [6, 6.07) is 7.65. The van der Waals surface area contributed by atoms with Crippen LogP contribution in [0.5, 0.6) is 0 Å². The van der Waals surface area contributed by atoms with E-state index in [2.05, 4.69) is 15.6 Å². The van der Waals surface area contributed by atoms with Gasteiger partial charge in [-0.05, 0) is 56.3 Å². The zero-order chi connectivity index (χ0) is 20.4. The van der Waals surface area contributed by atoms with Gasteiger partial charge in [-0.15, -0.1) is 24.0 Å². The molecule has 1 heterocycles. The Morgan fingerprint density at radius 3 is 2.41 bits per heavy atom. The van der Waals surface area contributed by atoms with Crippen molar-refractivity contribution in [3.63, 3.8) is 0 Å². The first-order valence-electron chi connectivity index (χ1n) is 9.90. The number of aliphatic hydroxyl groups excluding tert-OH is 1. The molecule has 0 aliphatic carbocycles. The third-order valence-electron chi connectivity index (χ3n) is 5.00. The summed E-state index contributed by atoms with van der Waals surface area (Å²) in [7, 11) is 0. The van der Waals surface area contributed by atoms with Crippen LogP contribution in [0, 0.1) is 5.92 Å². The van der Waals surface area contributed by atoms with Crippen LogP contribution >= 0.6 is 24.0 Å². The number of aliphatic imine (C=N–C) groups is 1. The number of guanidine groups is 1. The Hall–Kier alpha value is -1.07. The summed E-state index contributed by atoms with van der Waals surface area (Å²) in [5.74, 6) is 1.15. The fourth-order valence-corrected chi connectivity index (χ4v) is 3.45.